The van der Waals surface area contributed by atoms with Gasteiger partial charge in [0.25, 0.3) is 0 Å². The number of rotatable bonds is 1. The zero-order valence-corrected chi connectivity index (χ0v) is 4.13. The fraction of sp³-hybridized carbons (Fsp3) is 0. The van der Waals surface area contributed by atoms with Crippen LogP contribution < -0.4 is 9.90 Å². The van der Waals surface area contributed by atoms with Gasteiger partial charge in [0.1, 0.15) is 5.27 Å². The summed E-state index contributed by atoms with van der Waals surface area (Å²) in [6.07, 6.45) is 0.916. The van der Waals surface area contributed by atoms with E-state index in [0.29, 0.717) is 4.79 Å². The predicted molar refractivity (Wildman–Crippen MR) is 20.7 cm³/mol. The smallest absolute Gasteiger partial charge is 0.242 e. The lowest BCUT2D eigenvalue weighted by Gasteiger charge is -1.74. The van der Waals surface area contributed by atoms with E-state index < -0.39 is 5.95 Å². The highest BCUT2D eigenvalue weighted by Gasteiger charge is 1.97. The monoisotopic (exact) mass is 127 g/mol. The second-order valence-corrected chi connectivity index (χ2v) is 1.12. The average Bonchev–Trinajstić information content (AvgIpc) is 2.17. The highest BCUT2D eigenvalue weighted by Crippen LogP contribution is 1.91. The summed E-state index contributed by atoms with van der Waals surface area (Å²) in [6, 6.07) is 0. The Hall–Kier alpha value is -1.75. The molecular weight excluding hydrogens is 126 g/mol. The Bertz CT molecular complexity index is 247. The molecule has 0 spiro atoms. The SMILES string of the molecule is [N-]=[N+]=N[n+]1cc([O-])on1. The van der Waals surface area contributed by atoms with Gasteiger partial charge in [-0.25, -0.2) is 0 Å². The van der Waals surface area contributed by atoms with Crippen LogP contribution in [0.3, 0.4) is 0 Å². The van der Waals surface area contributed by atoms with Crippen molar-refractivity contribution in [3.05, 3.63) is 16.6 Å². The summed E-state index contributed by atoms with van der Waals surface area (Å²) in [7, 11) is 0. The summed E-state index contributed by atoms with van der Waals surface area (Å²) >= 11 is 0. The number of hydrogen-bond donors (Lipinski definition) is 0. The van der Waals surface area contributed by atoms with Gasteiger partial charge in [0.05, 0.1) is 4.91 Å². The minimum atomic E-state index is -0.651. The second kappa shape index (κ2) is 2.01. The van der Waals surface area contributed by atoms with Gasteiger partial charge in [-0.2, -0.15) is 0 Å². The van der Waals surface area contributed by atoms with Crippen molar-refractivity contribution in [2.45, 2.75) is 0 Å². The zero-order chi connectivity index (χ0) is 6.69. The molecule has 0 atom stereocenters. The molecule has 0 bridgehead atoms. The summed E-state index contributed by atoms with van der Waals surface area (Å²) in [6.45, 7) is 0. The van der Waals surface area contributed by atoms with Gasteiger partial charge in [0.15, 0.2) is 5.95 Å². The largest absolute Gasteiger partial charge is 0.539 e. The van der Waals surface area contributed by atoms with E-state index in [1.807, 2.05) is 0 Å². The van der Waals surface area contributed by atoms with Gasteiger partial charge in [-0.3, -0.25) is 0 Å². The summed E-state index contributed by atoms with van der Waals surface area (Å²) in [4.78, 5) is 3.04. The molecule has 1 aromatic heterocycles. The molecule has 0 aliphatic heterocycles. The van der Waals surface area contributed by atoms with Gasteiger partial charge in [-0.05, 0) is 0 Å². The summed E-state index contributed by atoms with van der Waals surface area (Å²) in [5, 5.41) is 16.1. The molecular formula is C2HN5O2. The van der Waals surface area contributed by atoms with Gasteiger partial charge in [0.2, 0.25) is 11.4 Å². The minimum absolute atomic E-state index is 0.651. The maximum Gasteiger partial charge on any atom is 0.242 e. The second-order valence-electron chi connectivity index (χ2n) is 1.12. The first kappa shape index (κ1) is 5.39. The molecule has 0 radical (unpaired) electrons. The lowest BCUT2D eigenvalue weighted by molar-refractivity contribution is -0.748. The predicted octanol–water partition coefficient (Wildman–Crippen LogP) is -0.891. The molecule has 1 rings (SSSR count). The molecule has 0 saturated heterocycles. The normalized spacial score (nSPS) is 8.44. The van der Waals surface area contributed by atoms with E-state index in [-0.39, 0.29) is 0 Å². The van der Waals surface area contributed by atoms with E-state index in [9.17, 15) is 5.11 Å². The van der Waals surface area contributed by atoms with Crippen molar-refractivity contribution in [2.75, 3.05) is 0 Å². The molecule has 0 aromatic carbocycles. The third-order valence-electron chi connectivity index (χ3n) is 0.567. The number of azide groups is 1. The summed E-state index contributed by atoms with van der Waals surface area (Å²) < 4.78 is 4.01. The molecule has 7 nitrogen and oxygen atoms in total. The van der Waals surface area contributed by atoms with Crippen molar-refractivity contribution < 1.29 is 14.4 Å². The molecule has 0 aliphatic carbocycles. The maximum absolute atomic E-state index is 10.1. The van der Waals surface area contributed by atoms with Crippen molar-refractivity contribution in [2.24, 2.45) is 5.22 Å². The first-order valence-electron chi connectivity index (χ1n) is 1.94. The zero-order valence-electron chi connectivity index (χ0n) is 4.13. The molecule has 46 valence electrons. The Labute approximate surface area is 48.7 Å². The van der Waals surface area contributed by atoms with Gasteiger partial charge in [0, 0.05) is 10.3 Å². The third kappa shape index (κ3) is 1.07. The van der Waals surface area contributed by atoms with E-state index in [2.05, 4.69) is 19.9 Å². The summed E-state index contributed by atoms with van der Waals surface area (Å²) in [5.41, 5.74) is 7.78. The van der Waals surface area contributed by atoms with Crippen LogP contribution in [0.4, 0.5) is 0 Å². The highest BCUT2D eigenvalue weighted by atomic mass is 16.6. The molecule has 0 fully saturated rings. The highest BCUT2D eigenvalue weighted by molar-refractivity contribution is 4.80. The lowest BCUT2D eigenvalue weighted by atomic mass is 10.9. The summed E-state index contributed by atoms with van der Waals surface area (Å²) in [5.74, 6) is -0.651. The van der Waals surface area contributed by atoms with Crippen LogP contribution in [0, 0.1) is 0 Å². The fourth-order valence-electron chi connectivity index (χ4n) is 0.307. The van der Waals surface area contributed by atoms with E-state index >= 15 is 0 Å². The van der Waals surface area contributed by atoms with Crippen LogP contribution in [0.2, 0.25) is 0 Å². The number of hydrogen-bond acceptors (Lipinski definition) is 4. The maximum atomic E-state index is 10.1. The molecule has 1 aromatic rings. The molecule has 0 saturated carbocycles. The van der Waals surface area contributed by atoms with E-state index in [0.717, 1.165) is 6.20 Å². The van der Waals surface area contributed by atoms with Crippen molar-refractivity contribution >= 4 is 0 Å². The van der Waals surface area contributed by atoms with E-state index in [1.54, 1.807) is 0 Å². The fourth-order valence-corrected chi connectivity index (χ4v) is 0.307. The van der Waals surface area contributed by atoms with Crippen LogP contribution in [0.25, 0.3) is 10.4 Å². The number of aromatic nitrogens is 2. The molecule has 0 amide bonds. The third-order valence-corrected chi connectivity index (χ3v) is 0.567. The Morgan fingerprint density at radius 1 is 2.00 bits per heavy atom. The van der Waals surface area contributed by atoms with Crippen LogP contribution in [0.15, 0.2) is 15.9 Å². The quantitative estimate of drug-likeness (QED) is 0.211. The number of nitrogens with zero attached hydrogens (tertiary/aromatic N) is 5. The van der Waals surface area contributed by atoms with Crippen LogP contribution in [-0.4, -0.2) is 5.27 Å². The average molecular weight is 127 g/mol. The molecule has 1 heterocycles. The van der Waals surface area contributed by atoms with Crippen LogP contribution in [0.5, 0.6) is 5.95 Å². The molecule has 7 heteroatoms. The van der Waals surface area contributed by atoms with Crippen LogP contribution >= 0.6 is 0 Å². The standard InChI is InChI=1S/C2HN5O2/c3-4-5-7-1-2(8)9-6-7/h1H. The van der Waals surface area contributed by atoms with Crippen molar-refractivity contribution in [1.29, 1.82) is 0 Å². The first-order chi connectivity index (χ1) is 4.33. The van der Waals surface area contributed by atoms with Gasteiger partial charge in [-0.15, -0.1) is 0 Å². The van der Waals surface area contributed by atoms with E-state index in [4.69, 9.17) is 5.53 Å². The van der Waals surface area contributed by atoms with Crippen molar-refractivity contribution in [3.8, 4) is 5.95 Å². The van der Waals surface area contributed by atoms with Gasteiger partial charge in [-0.1, -0.05) is 0 Å². The Morgan fingerprint density at radius 3 is 3.22 bits per heavy atom. The Balaban J connectivity index is 2.97. The van der Waals surface area contributed by atoms with Crippen molar-refractivity contribution in [1.82, 2.24) is 5.27 Å². The topological polar surface area (TPSA) is 102 Å². The Morgan fingerprint density at radius 2 is 2.78 bits per heavy atom. The lowest BCUT2D eigenvalue weighted by Crippen LogP contribution is -2.26. The first-order valence-corrected chi connectivity index (χ1v) is 1.94. The minimum Gasteiger partial charge on any atom is -0.539 e. The van der Waals surface area contributed by atoms with Gasteiger partial charge >= 0.3 is 0 Å². The molecule has 0 aliphatic rings. The van der Waals surface area contributed by atoms with Crippen molar-refractivity contribution in [3.63, 3.8) is 0 Å². The Kier molecular flexibility index (Phi) is 1.21. The molecule has 0 N–H and O–H groups in total. The molecule has 0 unspecified atom stereocenters. The van der Waals surface area contributed by atoms with Crippen LogP contribution in [0.1, 0.15) is 0 Å². The van der Waals surface area contributed by atoms with Gasteiger partial charge < -0.3 is 9.63 Å². The van der Waals surface area contributed by atoms with E-state index in [1.165, 1.54) is 0 Å². The van der Waals surface area contributed by atoms with Crippen LogP contribution in [-0.2, 0) is 0 Å². The molecule has 9 heavy (non-hydrogen) atoms.